The molecule has 1 aromatic carbocycles. The third-order valence-electron chi connectivity index (χ3n) is 3.88. The molecule has 1 N–H and O–H groups in total. The van der Waals surface area contributed by atoms with Crippen LogP contribution in [0.4, 0.5) is 9.18 Å². The Balaban J connectivity index is 1.80. The van der Waals surface area contributed by atoms with E-state index in [2.05, 4.69) is 12.2 Å². The number of thioether (sulfide) groups is 1. The highest BCUT2D eigenvalue weighted by molar-refractivity contribution is 7.99. The third kappa shape index (κ3) is 2.87. The van der Waals surface area contributed by atoms with Gasteiger partial charge in [-0.05, 0) is 30.2 Å². The van der Waals surface area contributed by atoms with Crippen molar-refractivity contribution < 1.29 is 14.0 Å². The van der Waals surface area contributed by atoms with Gasteiger partial charge in [0.1, 0.15) is 5.82 Å². The number of amides is 2. The van der Waals surface area contributed by atoms with E-state index < -0.39 is 0 Å². The van der Waals surface area contributed by atoms with Crippen LogP contribution in [0.5, 0.6) is 0 Å². The van der Waals surface area contributed by atoms with Gasteiger partial charge in [0.25, 0.3) is 0 Å². The Morgan fingerprint density at radius 1 is 1.57 bits per heavy atom. The van der Waals surface area contributed by atoms with Crippen molar-refractivity contribution in [2.45, 2.75) is 30.7 Å². The number of carbonyl (C=O) groups is 1. The Morgan fingerprint density at radius 3 is 3.24 bits per heavy atom. The Hall–Kier alpha value is -1.27. The van der Waals surface area contributed by atoms with Crippen molar-refractivity contribution in [1.29, 1.82) is 0 Å². The number of nitrogens with zero attached hydrogens (tertiary/aromatic N) is 1. The van der Waals surface area contributed by atoms with Crippen LogP contribution >= 0.6 is 11.8 Å². The molecule has 0 spiro atoms. The molecule has 1 saturated heterocycles. The fraction of sp³-hybridized carbons (Fsp3) is 0.533. The Kier molecular flexibility index (Phi) is 4.35. The topological polar surface area (TPSA) is 41.6 Å². The van der Waals surface area contributed by atoms with Gasteiger partial charge in [-0.1, -0.05) is 13.3 Å². The molecule has 2 amide bonds. The zero-order valence-corrected chi connectivity index (χ0v) is 12.8. The molecule has 6 heteroatoms. The molecule has 0 aromatic heterocycles. The highest BCUT2D eigenvalue weighted by Crippen LogP contribution is 2.46. The van der Waals surface area contributed by atoms with E-state index in [4.69, 9.17) is 4.84 Å². The Bertz CT molecular complexity index is 540. The van der Waals surface area contributed by atoms with E-state index in [-0.39, 0.29) is 23.8 Å². The van der Waals surface area contributed by atoms with Gasteiger partial charge in [-0.2, -0.15) is 5.06 Å². The van der Waals surface area contributed by atoms with Crippen LogP contribution in [0.2, 0.25) is 0 Å². The molecule has 0 aliphatic carbocycles. The first-order chi connectivity index (χ1) is 10.2. The molecule has 1 fully saturated rings. The summed E-state index contributed by atoms with van der Waals surface area (Å²) in [5.74, 6) is 0.844. The van der Waals surface area contributed by atoms with Crippen molar-refractivity contribution in [1.82, 2.24) is 10.4 Å². The first-order valence-electron chi connectivity index (χ1n) is 7.33. The highest BCUT2D eigenvalue weighted by atomic mass is 32.2. The van der Waals surface area contributed by atoms with Crippen LogP contribution in [0, 0.1) is 11.7 Å². The monoisotopic (exact) mass is 310 g/mol. The molecule has 2 aliphatic rings. The summed E-state index contributed by atoms with van der Waals surface area (Å²) >= 11 is 1.70. The number of hydrogen-bond donors (Lipinski definition) is 1. The summed E-state index contributed by atoms with van der Waals surface area (Å²) in [7, 11) is 0. The van der Waals surface area contributed by atoms with E-state index in [1.165, 1.54) is 17.2 Å². The van der Waals surface area contributed by atoms with E-state index >= 15 is 0 Å². The van der Waals surface area contributed by atoms with Gasteiger partial charge in [-0.25, -0.2) is 9.18 Å². The van der Waals surface area contributed by atoms with Crippen molar-refractivity contribution in [3.63, 3.8) is 0 Å². The molecule has 4 nitrogen and oxygen atoms in total. The molecule has 2 heterocycles. The Morgan fingerprint density at radius 2 is 2.43 bits per heavy atom. The van der Waals surface area contributed by atoms with Crippen LogP contribution in [0.25, 0.3) is 0 Å². The molecule has 0 saturated carbocycles. The molecule has 0 radical (unpaired) electrons. The summed E-state index contributed by atoms with van der Waals surface area (Å²) in [5, 5.41) is 4.27. The van der Waals surface area contributed by atoms with Gasteiger partial charge in [-0.15, -0.1) is 11.8 Å². The molecular weight excluding hydrogens is 291 g/mol. The zero-order valence-electron chi connectivity index (χ0n) is 12.0. The molecule has 2 atom stereocenters. The molecular formula is C15H19FN2O2S. The molecule has 0 bridgehead atoms. The van der Waals surface area contributed by atoms with E-state index in [0.717, 1.165) is 29.1 Å². The summed E-state index contributed by atoms with van der Waals surface area (Å²) in [6, 6.07) is 4.38. The van der Waals surface area contributed by atoms with Gasteiger partial charge in [0.05, 0.1) is 12.6 Å². The molecule has 3 rings (SSSR count). The summed E-state index contributed by atoms with van der Waals surface area (Å²) < 4.78 is 13.6. The number of nitrogens with one attached hydrogen (secondary N) is 1. The largest absolute Gasteiger partial charge is 0.341 e. The minimum Gasteiger partial charge on any atom is -0.336 e. The van der Waals surface area contributed by atoms with Crippen molar-refractivity contribution in [2.24, 2.45) is 5.92 Å². The first-order valence-corrected chi connectivity index (χ1v) is 8.31. The van der Waals surface area contributed by atoms with Crippen molar-refractivity contribution >= 4 is 17.8 Å². The van der Waals surface area contributed by atoms with E-state index in [9.17, 15) is 9.18 Å². The molecule has 2 aliphatic heterocycles. The smallest absolute Gasteiger partial charge is 0.336 e. The molecule has 1 aromatic rings. The average molecular weight is 310 g/mol. The van der Waals surface area contributed by atoms with Crippen LogP contribution in [0.1, 0.15) is 31.4 Å². The maximum Gasteiger partial charge on any atom is 0.341 e. The fourth-order valence-corrected chi connectivity index (χ4v) is 3.95. The quantitative estimate of drug-likeness (QED) is 0.871. The average Bonchev–Trinajstić information content (AvgIpc) is 2.91. The predicted molar refractivity (Wildman–Crippen MR) is 79.5 cm³/mol. The second-order valence-electron chi connectivity index (χ2n) is 5.41. The number of carbonyl (C=O) groups excluding carboxylic acids is 1. The van der Waals surface area contributed by atoms with Gasteiger partial charge in [0, 0.05) is 23.1 Å². The second kappa shape index (κ2) is 6.23. The lowest BCUT2D eigenvalue weighted by Gasteiger charge is -2.30. The van der Waals surface area contributed by atoms with Gasteiger partial charge in [0.2, 0.25) is 0 Å². The lowest BCUT2D eigenvalue weighted by molar-refractivity contribution is -0.0880. The van der Waals surface area contributed by atoms with Gasteiger partial charge in [0.15, 0.2) is 0 Å². The number of benzene rings is 1. The van der Waals surface area contributed by atoms with Gasteiger partial charge >= 0.3 is 6.03 Å². The maximum atomic E-state index is 13.6. The fourth-order valence-electron chi connectivity index (χ4n) is 2.77. The number of rotatable bonds is 3. The lowest BCUT2D eigenvalue weighted by atomic mass is 9.95. The number of fused-ring (bicyclic) bond motifs is 3. The number of urea groups is 1. The van der Waals surface area contributed by atoms with E-state index in [1.54, 1.807) is 17.8 Å². The maximum absolute atomic E-state index is 13.6. The van der Waals surface area contributed by atoms with Crippen LogP contribution in [-0.4, -0.2) is 30.0 Å². The van der Waals surface area contributed by atoms with Gasteiger partial charge < -0.3 is 5.32 Å². The van der Waals surface area contributed by atoms with Crippen LogP contribution in [0.15, 0.2) is 23.1 Å². The predicted octanol–water partition coefficient (Wildman–Crippen LogP) is 3.35. The number of halogens is 1. The van der Waals surface area contributed by atoms with E-state index in [0.29, 0.717) is 13.2 Å². The van der Waals surface area contributed by atoms with Crippen LogP contribution in [-0.2, 0) is 4.84 Å². The van der Waals surface area contributed by atoms with Gasteiger partial charge in [-0.3, -0.25) is 4.84 Å². The number of unbranched alkanes of at least 4 members (excludes halogenated alkanes) is 1. The van der Waals surface area contributed by atoms with Crippen molar-refractivity contribution in [2.75, 3.05) is 18.9 Å². The van der Waals surface area contributed by atoms with Crippen molar-refractivity contribution in [3.05, 3.63) is 29.6 Å². The normalized spacial score (nSPS) is 23.6. The zero-order chi connectivity index (χ0) is 14.8. The van der Waals surface area contributed by atoms with Crippen LogP contribution < -0.4 is 5.32 Å². The lowest BCUT2D eigenvalue weighted by Crippen LogP contribution is -2.40. The standard InChI is InChI=1S/C15H19FN2O2S/c1-2-3-6-17-15(19)18-14-10(8-20-18)9-21-13-5-4-11(16)7-12(13)14/h4-5,7,10,14H,2-3,6,8-9H2,1H3,(H,17,19). The summed E-state index contributed by atoms with van der Waals surface area (Å²) in [6.45, 7) is 3.22. The second-order valence-corrected chi connectivity index (χ2v) is 6.47. The third-order valence-corrected chi connectivity index (χ3v) is 5.15. The van der Waals surface area contributed by atoms with Crippen LogP contribution in [0.3, 0.4) is 0 Å². The minimum atomic E-state index is -0.270. The molecule has 114 valence electrons. The SMILES string of the molecule is CCCCNC(=O)N1OCC2CSc3ccc(F)cc3C21. The van der Waals surface area contributed by atoms with E-state index in [1.807, 2.05) is 0 Å². The summed E-state index contributed by atoms with van der Waals surface area (Å²) in [6.07, 6.45) is 1.96. The molecule has 2 unspecified atom stereocenters. The summed E-state index contributed by atoms with van der Waals surface area (Å²) in [5.41, 5.74) is 0.861. The number of hydroxylamine groups is 2. The molecule has 21 heavy (non-hydrogen) atoms. The first kappa shape index (κ1) is 14.7. The number of hydrogen-bond acceptors (Lipinski definition) is 3. The Labute approximate surface area is 128 Å². The van der Waals surface area contributed by atoms with Crippen molar-refractivity contribution in [3.8, 4) is 0 Å². The minimum absolute atomic E-state index is 0.182. The highest BCUT2D eigenvalue weighted by Gasteiger charge is 2.43. The summed E-state index contributed by atoms with van der Waals surface area (Å²) in [4.78, 5) is 18.9.